The van der Waals surface area contributed by atoms with Crippen LogP contribution in [-0.2, 0) is 4.57 Å². The number of aryl methyl sites for hydroxylation is 2. The average Bonchev–Trinajstić information content (AvgIpc) is 2.99. The molecule has 0 bridgehead atoms. The molecule has 0 saturated heterocycles. The topological polar surface area (TPSA) is 30.0 Å². The summed E-state index contributed by atoms with van der Waals surface area (Å²) >= 11 is 0. The minimum atomic E-state index is -2.58. The number of pyridine rings is 1. The Bertz CT molecular complexity index is 1920. The van der Waals surface area contributed by atoms with E-state index >= 15 is 0 Å². The highest BCUT2D eigenvalue weighted by Crippen LogP contribution is 2.54. The summed E-state index contributed by atoms with van der Waals surface area (Å²) in [6, 6.07) is 39.1. The van der Waals surface area contributed by atoms with Crippen LogP contribution in [-0.4, -0.2) is 16.3 Å². The highest BCUT2D eigenvalue weighted by molar-refractivity contribution is 7.72. The van der Waals surface area contributed by atoms with Crippen molar-refractivity contribution in [2.45, 2.75) is 52.9 Å². The van der Waals surface area contributed by atoms with E-state index in [4.69, 9.17) is 0 Å². The molecule has 210 valence electrons. The number of aromatic nitrogens is 1. The zero-order valence-electron chi connectivity index (χ0n) is 25.3. The lowest BCUT2D eigenvalue weighted by atomic mass is 9.85. The van der Waals surface area contributed by atoms with Crippen molar-refractivity contribution in [3.05, 3.63) is 121 Å². The molecule has 0 atom stereocenters. The Hall–Kier alpha value is -4.00. The van der Waals surface area contributed by atoms with Crippen LogP contribution in [0.25, 0.3) is 54.9 Å². The van der Waals surface area contributed by atoms with Crippen molar-refractivity contribution in [1.82, 2.24) is 4.98 Å². The number of hydrogen-bond acceptors (Lipinski definition) is 2. The molecule has 0 N–H and O–H groups in total. The van der Waals surface area contributed by atoms with Gasteiger partial charge in [0, 0.05) is 33.6 Å². The Labute approximate surface area is 249 Å². The third-order valence-electron chi connectivity index (χ3n) is 8.71. The molecule has 0 aliphatic carbocycles. The van der Waals surface area contributed by atoms with Crippen LogP contribution < -0.4 is 5.30 Å². The predicted molar refractivity (Wildman–Crippen MR) is 183 cm³/mol. The van der Waals surface area contributed by atoms with Gasteiger partial charge >= 0.3 is 0 Å². The van der Waals surface area contributed by atoms with E-state index in [-0.39, 0.29) is 11.3 Å². The van der Waals surface area contributed by atoms with Gasteiger partial charge in [-0.3, -0.25) is 4.98 Å². The minimum Gasteiger partial charge on any atom is -0.318 e. The molecule has 0 unspecified atom stereocenters. The Balaban J connectivity index is 1.58. The van der Waals surface area contributed by atoms with Gasteiger partial charge in [-0.25, -0.2) is 0 Å². The van der Waals surface area contributed by atoms with E-state index in [0.29, 0.717) is 0 Å². The van der Waals surface area contributed by atoms with E-state index in [2.05, 4.69) is 149 Å². The standard InChI is InChI=1S/C39H38NOP/c1-25(2)42(41,26(3)4)32-13-11-12-31(24-32)39-36-16-9-7-14-34(36)38(35-15-8-10-17-37(35)39)30-21-19-29(20-22-30)33-23-18-27(5)40-28(33)6/h7-26H,1-6H3. The molecule has 1 heterocycles. The average molecular weight is 568 g/mol. The molecule has 0 saturated carbocycles. The summed E-state index contributed by atoms with van der Waals surface area (Å²) in [5.41, 5.74) is 9.33. The van der Waals surface area contributed by atoms with Gasteiger partial charge in [0.25, 0.3) is 0 Å². The lowest BCUT2D eigenvalue weighted by Gasteiger charge is -2.27. The summed E-state index contributed by atoms with van der Waals surface area (Å²) in [6.07, 6.45) is 0. The quantitative estimate of drug-likeness (QED) is 0.148. The Kier molecular flexibility index (Phi) is 7.37. The van der Waals surface area contributed by atoms with Crippen molar-refractivity contribution in [2.24, 2.45) is 0 Å². The van der Waals surface area contributed by atoms with Crippen LogP contribution in [0.4, 0.5) is 0 Å². The summed E-state index contributed by atoms with van der Waals surface area (Å²) in [5, 5.41) is 5.81. The maximum atomic E-state index is 14.3. The Morgan fingerprint density at radius 3 is 1.55 bits per heavy atom. The van der Waals surface area contributed by atoms with Gasteiger partial charge in [-0.05, 0) is 75.3 Å². The van der Waals surface area contributed by atoms with Crippen molar-refractivity contribution < 1.29 is 4.57 Å². The van der Waals surface area contributed by atoms with Crippen molar-refractivity contribution >= 4 is 34.0 Å². The van der Waals surface area contributed by atoms with Gasteiger partial charge in [0.15, 0.2) is 0 Å². The largest absolute Gasteiger partial charge is 0.318 e. The van der Waals surface area contributed by atoms with Crippen LogP contribution in [0.1, 0.15) is 39.1 Å². The van der Waals surface area contributed by atoms with Crippen LogP contribution in [0.2, 0.25) is 0 Å². The molecule has 6 aromatic rings. The number of benzene rings is 5. The first-order chi connectivity index (χ1) is 20.2. The van der Waals surface area contributed by atoms with Gasteiger partial charge in [-0.15, -0.1) is 0 Å². The SMILES string of the molecule is Cc1ccc(-c2ccc(-c3c4ccccc4c(-c4cccc(P(=O)(C(C)C)C(C)C)c4)c4ccccc34)cc2)c(C)n1. The van der Waals surface area contributed by atoms with Crippen LogP contribution in [0.3, 0.4) is 0 Å². The van der Waals surface area contributed by atoms with E-state index in [9.17, 15) is 4.57 Å². The van der Waals surface area contributed by atoms with Crippen LogP contribution in [0.15, 0.2) is 109 Å². The fourth-order valence-corrected chi connectivity index (χ4v) is 9.67. The van der Waals surface area contributed by atoms with Gasteiger partial charge in [-0.2, -0.15) is 0 Å². The second-order valence-corrected chi connectivity index (χ2v) is 16.0. The van der Waals surface area contributed by atoms with Gasteiger partial charge in [0.05, 0.1) is 0 Å². The molecule has 1 aromatic heterocycles. The molecule has 42 heavy (non-hydrogen) atoms. The molecule has 0 aliphatic heterocycles. The molecule has 0 spiro atoms. The maximum Gasteiger partial charge on any atom is 0.120 e. The molecule has 0 fully saturated rings. The zero-order valence-corrected chi connectivity index (χ0v) is 26.2. The van der Waals surface area contributed by atoms with E-state index in [0.717, 1.165) is 27.8 Å². The van der Waals surface area contributed by atoms with E-state index in [1.165, 1.54) is 43.8 Å². The lowest BCUT2D eigenvalue weighted by molar-refractivity contribution is 0.569. The van der Waals surface area contributed by atoms with Crippen molar-refractivity contribution in [2.75, 3.05) is 0 Å². The first kappa shape index (κ1) is 28.1. The second-order valence-electron chi connectivity index (χ2n) is 12.0. The molecule has 3 heteroatoms. The summed E-state index contributed by atoms with van der Waals surface area (Å²) in [5.74, 6) is 0. The number of fused-ring (bicyclic) bond motifs is 2. The summed E-state index contributed by atoms with van der Waals surface area (Å²) in [4.78, 5) is 4.67. The normalized spacial score (nSPS) is 12.1. The molecule has 5 aromatic carbocycles. The van der Waals surface area contributed by atoms with Crippen molar-refractivity contribution in [1.29, 1.82) is 0 Å². The number of hydrogen-bond donors (Lipinski definition) is 0. The van der Waals surface area contributed by atoms with E-state index < -0.39 is 7.14 Å². The van der Waals surface area contributed by atoms with Crippen LogP contribution in [0, 0.1) is 13.8 Å². The zero-order chi connectivity index (χ0) is 29.6. The van der Waals surface area contributed by atoms with E-state index in [1.54, 1.807) is 0 Å². The molecular formula is C39H38NOP. The minimum absolute atomic E-state index is 0.0889. The number of nitrogens with zero attached hydrogens (tertiary/aromatic N) is 1. The predicted octanol–water partition coefficient (Wildman–Crippen LogP) is 10.8. The first-order valence-electron chi connectivity index (χ1n) is 14.9. The molecule has 0 radical (unpaired) electrons. The van der Waals surface area contributed by atoms with Gasteiger partial charge in [0.1, 0.15) is 7.14 Å². The van der Waals surface area contributed by atoms with Gasteiger partial charge in [-0.1, -0.05) is 125 Å². The highest BCUT2D eigenvalue weighted by atomic mass is 31.2. The first-order valence-corrected chi connectivity index (χ1v) is 16.7. The maximum absolute atomic E-state index is 14.3. The molecule has 2 nitrogen and oxygen atoms in total. The number of rotatable bonds is 6. The monoisotopic (exact) mass is 567 g/mol. The Morgan fingerprint density at radius 1 is 0.548 bits per heavy atom. The fraction of sp³-hybridized carbons (Fsp3) is 0.205. The van der Waals surface area contributed by atoms with Gasteiger partial charge < -0.3 is 4.57 Å². The van der Waals surface area contributed by atoms with Crippen molar-refractivity contribution in [3.63, 3.8) is 0 Å². The van der Waals surface area contributed by atoms with Crippen LogP contribution in [0.5, 0.6) is 0 Å². The fourth-order valence-electron chi connectivity index (χ4n) is 6.63. The molecule has 6 rings (SSSR count). The highest BCUT2D eigenvalue weighted by Gasteiger charge is 2.32. The van der Waals surface area contributed by atoms with Gasteiger partial charge in [0.2, 0.25) is 0 Å². The third-order valence-corrected chi connectivity index (χ3v) is 12.9. The summed E-state index contributed by atoms with van der Waals surface area (Å²) < 4.78 is 14.3. The Morgan fingerprint density at radius 2 is 1.05 bits per heavy atom. The second kappa shape index (κ2) is 11.0. The molecule has 0 aliphatic rings. The molecule has 0 amide bonds. The van der Waals surface area contributed by atoms with Crippen molar-refractivity contribution in [3.8, 4) is 33.4 Å². The van der Waals surface area contributed by atoms with E-state index in [1.807, 2.05) is 6.92 Å². The molecular weight excluding hydrogens is 529 g/mol. The smallest absolute Gasteiger partial charge is 0.120 e. The van der Waals surface area contributed by atoms with Crippen LogP contribution >= 0.6 is 7.14 Å². The third kappa shape index (κ3) is 4.69. The summed E-state index contributed by atoms with van der Waals surface area (Å²) in [7, 11) is -2.58. The summed E-state index contributed by atoms with van der Waals surface area (Å²) in [6.45, 7) is 12.5. The lowest BCUT2D eigenvalue weighted by Crippen LogP contribution is -2.19.